The Morgan fingerprint density at radius 3 is 1.80 bits per heavy atom. The Morgan fingerprint density at radius 1 is 0.518 bits per heavy atom. The molecule has 2 heteroatoms. The second-order valence-electron chi connectivity index (χ2n) is 14.4. The molecule has 0 saturated heterocycles. The first-order valence-electron chi connectivity index (χ1n) is 19.2. The van der Waals surface area contributed by atoms with Gasteiger partial charge in [-0.1, -0.05) is 170 Å². The largest absolute Gasteiger partial charge is 0.310 e. The molecule has 0 N–H and O–H groups in total. The highest BCUT2D eigenvalue weighted by Crippen LogP contribution is 2.60. The third kappa shape index (κ3) is 5.29. The van der Waals surface area contributed by atoms with Gasteiger partial charge >= 0.3 is 0 Å². The Hall–Kier alpha value is -6.74. The van der Waals surface area contributed by atoms with E-state index in [1.54, 1.807) is 0 Å². The fourth-order valence-electron chi connectivity index (χ4n) is 8.98. The lowest BCUT2D eigenvalue weighted by molar-refractivity contribution is 0.769. The van der Waals surface area contributed by atoms with Crippen molar-refractivity contribution in [3.63, 3.8) is 0 Å². The van der Waals surface area contributed by atoms with E-state index in [0.717, 1.165) is 28.2 Å². The number of benzene rings is 8. The van der Waals surface area contributed by atoms with Gasteiger partial charge in [-0.3, -0.25) is 0 Å². The SMILES string of the molecule is C=Cc1ccc(N(c2ccc(-c3ccccc3)cc2)c2ccc3c(c2)-c2c(ccc4c2sc2ccccc24)C3(c2ccccc2)c2ccccc2)cc1/C=C\C. The maximum Gasteiger partial charge on any atom is 0.0714 e. The van der Waals surface area contributed by atoms with E-state index in [2.05, 4.69) is 219 Å². The number of thiophene rings is 1. The molecular weight excluding hydrogens is 695 g/mol. The van der Waals surface area contributed by atoms with Crippen LogP contribution in [0, 0.1) is 0 Å². The van der Waals surface area contributed by atoms with E-state index < -0.39 is 5.41 Å². The van der Waals surface area contributed by atoms with Crippen LogP contribution >= 0.6 is 11.3 Å². The average Bonchev–Trinajstić information content (AvgIpc) is 3.79. The van der Waals surface area contributed by atoms with E-state index in [-0.39, 0.29) is 0 Å². The van der Waals surface area contributed by atoms with Crippen LogP contribution in [-0.2, 0) is 5.41 Å². The molecule has 1 aliphatic rings. The van der Waals surface area contributed by atoms with E-state index in [0.29, 0.717) is 0 Å². The van der Waals surface area contributed by atoms with Crippen molar-refractivity contribution in [1.29, 1.82) is 0 Å². The van der Waals surface area contributed by atoms with E-state index in [4.69, 9.17) is 0 Å². The Bertz CT molecular complexity index is 2880. The van der Waals surface area contributed by atoms with Crippen molar-refractivity contribution in [3.05, 3.63) is 234 Å². The molecule has 1 heterocycles. The van der Waals surface area contributed by atoms with Gasteiger partial charge in [-0.2, -0.15) is 0 Å². The number of anilines is 3. The van der Waals surface area contributed by atoms with Crippen LogP contribution < -0.4 is 4.90 Å². The number of nitrogens with zero attached hydrogens (tertiary/aromatic N) is 1. The molecule has 266 valence electrons. The summed E-state index contributed by atoms with van der Waals surface area (Å²) in [6.07, 6.45) is 6.20. The third-order valence-corrected chi connectivity index (χ3v) is 12.6. The summed E-state index contributed by atoms with van der Waals surface area (Å²) in [5.74, 6) is 0. The highest BCUT2D eigenvalue weighted by molar-refractivity contribution is 7.26. The molecule has 9 aromatic rings. The molecular formula is C54H39NS. The van der Waals surface area contributed by atoms with E-state index in [1.807, 2.05) is 17.4 Å². The first-order chi connectivity index (χ1) is 27.7. The third-order valence-electron chi connectivity index (χ3n) is 11.4. The molecule has 10 rings (SSSR count). The maximum absolute atomic E-state index is 4.12. The first-order valence-corrected chi connectivity index (χ1v) is 20.1. The number of allylic oxidation sites excluding steroid dienone is 1. The molecule has 56 heavy (non-hydrogen) atoms. The van der Waals surface area contributed by atoms with Gasteiger partial charge in [0.15, 0.2) is 0 Å². The average molecular weight is 734 g/mol. The second kappa shape index (κ2) is 13.8. The molecule has 8 aromatic carbocycles. The lowest BCUT2D eigenvalue weighted by Crippen LogP contribution is -2.28. The highest BCUT2D eigenvalue weighted by Gasteiger charge is 2.47. The van der Waals surface area contributed by atoms with Crippen molar-refractivity contribution < 1.29 is 0 Å². The number of hydrogen-bond acceptors (Lipinski definition) is 2. The van der Waals surface area contributed by atoms with Crippen molar-refractivity contribution in [2.24, 2.45) is 0 Å². The lowest BCUT2D eigenvalue weighted by atomic mass is 9.67. The van der Waals surface area contributed by atoms with Gasteiger partial charge in [-0.15, -0.1) is 11.3 Å². The van der Waals surface area contributed by atoms with Gasteiger partial charge in [-0.25, -0.2) is 0 Å². The van der Waals surface area contributed by atoms with Crippen molar-refractivity contribution in [2.45, 2.75) is 12.3 Å². The minimum absolute atomic E-state index is 0.497. The normalized spacial score (nSPS) is 12.9. The summed E-state index contributed by atoms with van der Waals surface area (Å²) in [5.41, 5.74) is 15.2. The molecule has 0 saturated carbocycles. The molecule has 0 spiro atoms. The summed E-state index contributed by atoms with van der Waals surface area (Å²) in [6.45, 7) is 6.19. The van der Waals surface area contributed by atoms with Gasteiger partial charge in [0.2, 0.25) is 0 Å². The highest BCUT2D eigenvalue weighted by atomic mass is 32.1. The van der Waals surface area contributed by atoms with Gasteiger partial charge in [0.05, 0.1) is 5.41 Å². The molecule has 1 aliphatic carbocycles. The Kier molecular flexibility index (Phi) is 8.35. The van der Waals surface area contributed by atoms with Gasteiger partial charge in [-0.05, 0) is 99.5 Å². The topological polar surface area (TPSA) is 3.24 Å². The zero-order valence-corrected chi connectivity index (χ0v) is 32.0. The standard InChI is InChI=1S/C54H39NS/c1-3-16-40-35-44(30-25-37(40)4-2)55(43-28-26-39(27-29-43)38-17-8-5-9-18-38)45-31-33-49-48(36-45)52-50(34-32-47-46-23-14-15-24-51(46)56-53(47)52)54(49,41-19-10-6-11-20-41)42-21-12-7-13-22-42/h3-36H,2H2,1H3/b16-3-. The summed E-state index contributed by atoms with van der Waals surface area (Å²) in [4.78, 5) is 2.41. The van der Waals surface area contributed by atoms with E-state index in [9.17, 15) is 0 Å². The summed E-state index contributed by atoms with van der Waals surface area (Å²) in [5, 5.41) is 2.62. The van der Waals surface area contributed by atoms with Crippen LogP contribution in [0.25, 0.3) is 54.6 Å². The van der Waals surface area contributed by atoms with Crippen LogP contribution in [0.3, 0.4) is 0 Å². The van der Waals surface area contributed by atoms with Crippen LogP contribution in [0.15, 0.2) is 201 Å². The van der Waals surface area contributed by atoms with Gasteiger partial charge < -0.3 is 4.90 Å². The van der Waals surface area contributed by atoms with E-state index in [1.165, 1.54) is 64.7 Å². The van der Waals surface area contributed by atoms with Crippen molar-refractivity contribution >= 4 is 60.7 Å². The molecule has 0 atom stereocenters. The van der Waals surface area contributed by atoms with Gasteiger partial charge in [0, 0.05) is 42.8 Å². The number of rotatable bonds is 8. The summed E-state index contributed by atoms with van der Waals surface area (Å²) < 4.78 is 2.64. The van der Waals surface area contributed by atoms with Crippen LogP contribution in [0.2, 0.25) is 0 Å². The number of hydrogen-bond donors (Lipinski definition) is 0. The molecule has 0 bridgehead atoms. The monoisotopic (exact) mass is 733 g/mol. The first kappa shape index (κ1) is 33.8. The van der Waals surface area contributed by atoms with Gasteiger partial charge in [0.1, 0.15) is 0 Å². The van der Waals surface area contributed by atoms with Gasteiger partial charge in [0.25, 0.3) is 0 Å². The Morgan fingerprint density at radius 2 is 1.11 bits per heavy atom. The molecule has 0 aliphatic heterocycles. The van der Waals surface area contributed by atoms with Crippen LogP contribution in [0.4, 0.5) is 17.1 Å². The van der Waals surface area contributed by atoms with Crippen LogP contribution in [0.1, 0.15) is 40.3 Å². The summed E-state index contributed by atoms with van der Waals surface area (Å²) in [6, 6.07) is 69.3. The summed E-state index contributed by atoms with van der Waals surface area (Å²) in [7, 11) is 0. The maximum atomic E-state index is 4.12. The fourth-order valence-corrected chi connectivity index (χ4v) is 10.2. The predicted octanol–water partition coefficient (Wildman–Crippen LogP) is 15.2. The fraction of sp³-hybridized carbons (Fsp3) is 0.0370. The predicted molar refractivity (Wildman–Crippen MR) is 242 cm³/mol. The zero-order valence-electron chi connectivity index (χ0n) is 31.2. The Labute approximate surface area is 332 Å². The number of fused-ring (bicyclic) bond motifs is 7. The molecule has 0 radical (unpaired) electrons. The van der Waals surface area contributed by atoms with Crippen LogP contribution in [-0.4, -0.2) is 0 Å². The smallest absolute Gasteiger partial charge is 0.0714 e. The molecule has 1 aromatic heterocycles. The van der Waals surface area contributed by atoms with Crippen molar-refractivity contribution in [1.82, 2.24) is 0 Å². The Balaban J connectivity index is 1.27. The minimum atomic E-state index is -0.497. The summed E-state index contributed by atoms with van der Waals surface area (Å²) >= 11 is 1.91. The molecule has 0 amide bonds. The van der Waals surface area contributed by atoms with Crippen molar-refractivity contribution in [2.75, 3.05) is 4.90 Å². The zero-order chi connectivity index (χ0) is 37.6. The van der Waals surface area contributed by atoms with E-state index >= 15 is 0 Å². The lowest BCUT2D eigenvalue weighted by Gasteiger charge is -2.34. The molecule has 0 fully saturated rings. The second-order valence-corrected chi connectivity index (χ2v) is 15.5. The quantitative estimate of drug-likeness (QED) is 0.150. The minimum Gasteiger partial charge on any atom is -0.310 e. The van der Waals surface area contributed by atoms with Crippen molar-refractivity contribution in [3.8, 4) is 22.3 Å². The van der Waals surface area contributed by atoms with Crippen LogP contribution in [0.5, 0.6) is 0 Å². The molecule has 0 unspecified atom stereocenters. The molecule has 1 nitrogen and oxygen atoms in total.